The van der Waals surface area contributed by atoms with Crippen molar-refractivity contribution in [2.24, 2.45) is 0 Å². The third kappa shape index (κ3) is 2.81. The minimum atomic E-state index is -1.04. The van der Waals surface area contributed by atoms with E-state index in [1.807, 2.05) is 0 Å². The van der Waals surface area contributed by atoms with Crippen molar-refractivity contribution in [2.75, 3.05) is 0 Å². The number of hydrogen-bond acceptors (Lipinski definition) is 2. The monoisotopic (exact) mass is 380 g/mol. The van der Waals surface area contributed by atoms with Gasteiger partial charge >= 0.3 is 0 Å². The smallest absolute Gasteiger partial charge is 0.183 e. The summed E-state index contributed by atoms with van der Waals surface area (Å²) in [5.41, 5.74) is 0.103. The molecule has 1 atom stereocenters. The van der Waals surface area contributed by atoms with E-state index in [4.69, 9.17) is 4.42 Å². The van der Waals surface area contributed by atoms with Crippen molar-refractivity contribution < 1.29 is 18.3 Å². The Hall–Kier alpha value is -0.720. The Bertz CT molecular complexity index is 550. The first-order chi connectivity index (χ1) is 8.49. The van der Waals surface area contributed by atoms with Gasteiger partial charge in [0.25, 0.3) is 0 Å². The lowest BCUT2D eigenvalue weighted by molar-refractivity contribution is 0.147. The van der Waals surface area contributed by atoms with Gasteiger partial charge in [0.2, 0.25) is 0 Å². The van der Waals surface area contributed by atoms with Crippen LogP contribution < -0.4 is 0 Å². The zero-order valence-electron chi connectivity index (χ0n) is 8.96. The van der Waals surface area contributed by atoms with Gasteiger partial charge in [-0.25, -0.2) is 8.78 Å². The third-order valence-corrected chi connectivity index (χ3v) is 4.15. The van der Waals surface area contributed by atoms with Gasteiger partial charge in [-0.2, -0.15) is 0 Å². The lowest BCUT2D eigenvalue weighted by atomic mass is 10.1. The molecule has 1 heterocycles. The second-order valence-electron chi connectivity index (χ2n) is 3.70. The lowest BCUT2D eigenvalue weighted by Gasteiger charge is -2.08. The molecule has 2 rings (SSSR count). The van der Waals surface area contributed by atoms with Crippen molar-refractivity contribution in [3.63, 3.8) is 0 Å². The molecule has 0 aliphatic heterocycles. The van der Waals surface area contributed by atoms with Crippen LogP contribution in [0.15, 0.2) is 37.8 Å². The number of halogens is 4. The molecular formula is C12H8Br2F2O2. The van der Waals surface area contributed by atoms with Crippen molar-refractivity contribution in [2.45, 2.75) is 12.5 Å². The lowest BCUT2D eigenvalue weighted by Crippen LogP contribution is -2.03. The summed E-state index contributed by atoms with van der Waals surface area (Å²) in [7, 11) is 0. The maximum absolute atomic E-state index is 13.4. The topological polar surface area (TPSA) is 33.4 Å². The first-order valence-electron chi connectivity index (χ1n) is 5.04. The molecular weight excluding hydrogens is 374 g/mol. The quantitative estimate of drug-likeness (QED) is 0.856. The first kappa shape index (κ1) is 13.7. The summed E-state index contributed by atoms with van der Waals surface area (Å²) in [6.45, 7) is 0. The Labute approximate surface area is 119 Å². The predicted octanol–water partition coefficient (Wildman–Crippen LogP) is 4.36. The molecule has 0 aliphatic rings. The largest absolute Gasteiger partial charge is 0.450 e. The van der Waals surface area contributed by atoms with E-state index in [1.54, 1.807) is 6.07 Å². The SMILES string of the molecule is OC(Cc1cccc(F)c1F)c1cc(Br)c(Br)o1. The highest BCUT2D eigenvalue weighted by Gasteiger charge is 2.18. The second kappa shape index (κ2) is 5.50. The molecule has 0 fully saturated rings. The van der Waals surface area contributed by atoms with Crippen LogP contribution in [0.25, 0.3) is 0 Å². The highest BCUT2D eigenvalue weighted by atomic mass is 79.9. The molecule has 1 aromatic heterocycles. The summed E-state index contributed by atoms with van der Waals surface area (Å²) in [4.78, 5) is 0. The van der Waals surface area contributed by atoms with Gasteiger partial charge in [0.05, 0.1) is 4.47 Å². The van der Waals surface area contributed by atoms with Gasteiger partial charge in [-0.05, 0) is 49.6 Å². The number of furan rings is 1. The minimum absolute atomic E-state index is 0.0595. The fraction of sp³-hybridized carbons (Fsp3) is 0.167. The average molecular weight is 382 g/mol. The number of aliphatic hydroxyl groups excluding tert-OH is 1. The minimum Gasteiger partial charge on any atom is -0.450 e. The van der Waals surface area contributed by atoms with Crippen molar-refractivity contribution in [1.82, 2.24) is 0 Å². The van der Waals surface area contributed by atoms with E-state index < -0.39 is 17.7 Å². The summed E-state index contributed by atoms with van der Waals surface area (Å²) in [6.07, 6.45) is -1.10. The highest BCUT2D eigenvalue weighted by molar-refractivity contribution is 9.13. The van der Waals surface area contributed by atoms with Crippen LogP contribution in [-0.4, -0.2) is 5.11 Å². The van der Waals surface area contributed by atoms with E-state index >= 15 is 0 Å². The van der Waals surface area contributed by atoms with Crippen LogP contribution in [0.2, 0.25) is 0 Å². The molecule has 96 valence electrons. The normalized spacial score (nSPS) is 12.7. The van der Waals surface area contributed by atoms with Crippen molar-refractivity contribution >= 4 is 31.9 Å². The Morgan fingerprint density at radius 1 is 1.28 bits per heavy atom. The van der Waals surface area contributed by atoms with Crippen LogP contribution in [-0.2, 0) is 6.42 Å². The number of aliphatic hydroxyl groups is 1. The molecule has 1 aromatic carbocycles. The Morgan fingerprint density at radius 2 is 2.00 bits per heavy atom. The molecule has 0 radical (unpaired) electrons. The van der Waals surface area contributed by atoms with E-state index in [-0.39, 0.29) is 17.7 Å². The molecule has 6 heteroatoms. The van der Waals surface area contributed by atoms with Gasteiger partial charge in [-0.3, -0.25) is 0 Å². The van der Waals surface area contributed by atoms with Crippen LogP contribution in [0, 0.1) is 11.6 Å². The zero-order valence-corrected chi connectivity index (χ0v) is 12.1. The van der Waals surface area contributed by atoms with Crippen LogP contribution in [0.1, 0.15) is 17.4 Å². The fourth-order valence-electron chi connectivity index (χ4n) is 1.54. The van der Waals surface area contributed by atoms with Crippen LogP contribution in [0.5, 0.6) is 0 Å². The van der Waals surface area contributed by atoms with Gasteiger partial charge < -0.3 is 9.52 Å². The summed E-state index contributed by atoms with van der Waals surface area (Å²) < 4.78 is 32.7. The molecule has 1 N–H and O–H groups in total. The highest BCUT2D eigenvalue weighted by Crippen LogP contribution is 2.31. The maximum Gasteiger partial charge on any atom is 0.183 e. The molecule has 0 saturated heterocycles. The maximum atomic E-state index is 13.4. The average Bonchev–Trinajstić information content (AvgIpc) is 2.66. The van der Waals surface area contributed by atoms with Gasteiger partial charge in [-0.1, -0.05) is 12.1 Å². The van der Waals surface area contributed by atoms with Gasteiger partial charge in [0, 0.05) is 6.42 Å². The number of hydrogen-bond donors (Lipinski definition) is 1. The summed E-state index contributed by atoms with van der Waals surface area (Å²) in [6, 6.07) is 5.43. The fourth-order valence-corrected chi connectivity index (χ4v) is 2.15. The number of rotatable bonds is 3. The molecule has 2 nitrogen and oxygen atoms in total. The molecule has 0 saturated carbocycles. The Kier molecular flexibility index (Phi) is 4.19. The van der Waals surface area contributed by atoms with Gasteiger partial charge in [-0.15, -0.1) is 0 Å². The zero-order chi connectivity index (χ0) is 13.3. The van der Waals surface area contributed by atoms with E-state index in [0.29, 0.717) is 9.14 Å². The molecule has 0 spiro atoms. The van der Waals surface area contributed by atoms with Crippen LogP contribution in [0.3, 0.4) is 0 Å². The predicted molar refractivity (Wildman–Crippen MR) is 69.1 cm³/mol. The third-order valence-electron chi connectivity index (χ3n) is 2.44. The molecule has 1 unspecified atom stereocenters. The Morgan fingerprint density at radius 3 is 2.61 bits per heavy atom. The van der Waals surface area contributed by atoms with E-state index in [1.165, 1.54) is 12.1 Å². The van der Waals surface area contributed by atoms with Crippen LogP contribution >= 0.6 is 31.9 Å². The Balaban J connectivity index is 2.21. The summed E-state index contributed by atoms with van der Waals surface area (Å²) >= 11 is 6.35. The van der Waals surface area contributed by atoms with Crippen molar-refractivity contribution in [3.05, 3.63) is 56.4 Å². The molecule has 0 aliphatic carbocycles. The summed E-state index contributed by atoms with van der Waals surface area (Å²) in [5.74, 6) is -1.60. The molecule has 0 bridgehead atoms. The van der Waals surface area contributed by atoms with Crippen LogP contribution in [0.4, 0.5) is 8.78 Å². The number of benzene rings is 1. The van der Waals surface area contributed by atoms with Gasteiger partial charge in [0.1, 0.15) is 11.9 Å². The van der Waals surface area contributed by atoms with E-state index in [9.17, 15) is 13.9 Å². The first-order valence-corrected chi connectivity index (χ1v) is 6.63. The molecule has 2 aromatic rings. The second-order valence-corrected chi connectivity index (χ2v) is 5.28. The van der Waals surface area contributed by atoms with Crippen molar-refractivity contribution in [1.29, 1.82) is 0 Å². The summed E-state index contributed by atoms with van der Waals surface area (Å²) in [5, 5.41) is 9.90. The molecule has 18 heavy (non-hydrogen) atoms. The van der Waals surface area contributed by atoms with E-state index in [0.717, 1.165) is 6.07 Å². The van der Waals surface area contributed by atoms with Crippen molar-refractivity contribution in [3.8, 4) is 0 Å². The standard InChI is InChI=1S/C12H8Br2F2O2/c13-7-5-10(18-12(7)14)9(17)4-6-2-1-3-8(15)11(6)16/h1-3,5,9,17H,4H2. The van der Waals surface area contributed by atoms with Gasteiger partial charge in [0.15, 0.2) is 16.3 Å². The van der Waals surface area contributed by atoms with E-state index in [2.05, 4.69) is 31.9 Å². The molecule has 0 amide bonds.